The molecule has 1 aliphatic rings. The van der Waals surface area contributed by atoms with Gasteiger partial charge < -0.3 is 10.6 Å². The predicted molar refractivity (Wildman–Crippen MR) is 57.2 cm³/mol. The van der Waals surface area contributed by atoms with Crippen molar-refractivity contribution in [2.75, 3.05) is 10.6 Å². The summed E-state index contributed by atoms with van der Waals surface area (Å²) in [6, 6.07) is 9.43. The second-order valence-electron chi connectivity index (χ2n) is 3.64. The van der Waals surface area contributed by atoms with Crippen LogP contribution in [0.1, 0.15) is 20.3 Å². The summed E-state index contributed by atoms with van der Waals surface area (Å²) in [7, 11) is 0. The van der Waals surface area contributed by atoms with Crippen molar-refractivity contribution in [3.8, 4) is 0 Å². The fourth-order valence-corrected chi connectivity index (χ4v) is 1.86. The topological polar surface area (TPSA) is 24.1 Å². The lowest BCUT2D eigenvalue weighted by Gasteiger charge is -2.33. The molecule has 2 atom stereocenters. The second kappa shape index (κ2) is 3.29. The van der Waals surface area contributed by atoms with Gasteiger partial charge in [0.1, 0.15) is 0 Å². The molecule has 2 heteroatoms. The largest absolute Gasteiger partial charge is 0.379 e. The Labute approximate surface area is 79.4 Å². The summed E-state index contributed by atoms with van der Waals surface area (Å²) in [5.41, 5.74) is 2.45. The molecule has 1 aliphatic heterocycles. The minimum atomic E-state index is 0.514. The Morgan fingerprint density at radius 3 is 2.38 bits per heavy atom. The van der Waals surface area contributed by atoms with Crippen molar-refractivity contribution in [1.82, 2.24) is 0 Å². The van der Waals surface area contributed by atoms with Gasteiger partial charge in [-0.05, 0) is 25.5 Å². The summed E-state index contributed by atoms with van der Waals surface area (Å²) in [6.45, 7) is 4.43. The van der Waals surface area contributed by atoms with E-state index in [9.17, 15) is 0 Å². The van der Waals surface area contributed by atoms with Gasteiger partial charge in [-0.25, -0.2) is 0 Å². The van der Waals surface area contributed by atoms with Crippen LogP contribution in [0.15, 0.2) is 24.3 Å². The van der Waals surface area contributed by atoms with Gasteiger partial charge in [-0.3, -0.25) is 0 Å². The normalized spacial score (nSPS) is 25.7. The number of fused-ring (bicyclic) bond motifs is 1. The molecule has 70 valence electrons. The minimum absolute atomic E-state index is 0.514. The molecule has 1 heterocycles. The predicted octanol–water partition coefficient (Wildman–Crippen LogP) is 2.69. The molecule has 13 heavy (non-hydrogen) atoms. The Kier molecular flexibility index (Phi) is 2.13. The molecule has 0 bridgehead atoms. The van der Waals surface area contributed by atoms with E-state index in [0.717, 1.165) is 6.42 Å². The molecule has 0 saturated carbocycles. The van der Waals surface area contributed by atoms with Crippen LogP contribution in [0.25, 0.3) is 0 Å². The Morgan fingerprint density at radius 1 is 1.15 bits per heavy atom. The highest BCUT2D eigenvalue weighted by molar-refractivity contribution is 5.71. The number of hydrogen-bond acceptors (Lipinski definition) is 2. The molecule has 0 fully saturated rings. The highest BCUT2D eigenvalue weighted by Gasteiger charge is 2.21. The summed E-state index contributed by atoms with van der Waals surface area (Å²) in [5, 5.41) is 7.03. The molecule has 1 aromatic carbocycles. The number of rotatable bonds is 1. The summed E-state index contributed by atoms with van der Waals surface area (Å²) < 4.78 is 0. The van der Waals surface area contributed by atoms with Crippen LogP contribution in [0, 0.1) is 0 Å². The first-order valence-electron chi connectivity index (χ1n) is 4.93. The van der Waals surface area contributed by atoms with Gasteiger partial charge in [0.15, 0.2) is 0 Å². The first-order valence-corrected chi connectivity index (χ1v) is 4.93. The van der Waals surface area contributed by atoms with E-state index >= 15 is 0 Å². The van der Waals surface area contributed by atoms with Gasteiger partial charge in [-0.2, -0.15) is 0 Å². The number of hydrogen-bond donors (Lipinski definition) is 2. The van der Waals surface area contributed by atoms with E-state index in [0.29, 0.717) is 12.1 Å². The fourth-order valence-electron chi connectivity index (χ4n) is 1.86. The van der Waals surface area contributed by atoms with Crippen molar-refractivity contribution in [2.45, 2.75) is 32.4 Å². The Balaban J connectivity index is 2.27. The molecule has 0 aliphatic carbocycles. The molecule has 0 radical (unpaired) electrons. The van der Waals surface area contributed by atoms with Crippen LogP contribution in [0.5, 0.6) is 0 Å². The SMILES string of the molecule is CC[C@H]1Nc2ccccc2N[C@@H]1C. The Hall–Kier alpha value is -1.18. The van der Waals surface area contributed by atoms with E-state index in [1.807, 2.05) is 0 Å². The van der Waals surface area contributed by atoms with Gasteiger partial charge in [-0.1, -0.05) is 19.1 Å². The molecule has 0 aromatic heterocycles. The van der Waals surface area contributed by atoms with Crippen molar-refractivity contribution in [2.24, 2.45) is 0 Å². The second-order valence-corrected chi connectivity index (χ2v) is 3.64. The zero-order valence-electron chi connectivity index (χ0n) is 8.17. The quantitative estimate of drug-likeness (QED) is 0.687. The van der Waals surface area contributed by atoms with Gasteiger partial charge in [0.05, 0.1) is 11.4 Å². The van der Waals surface area contributed by atoms with E-state index in [4.69, 9.17) is 0 Å². The lowest BCUT2D eigenvalue weighted by molar-refractivity contribution is 0.598. The van der Waals surface area contributed by atoms with Crippen LogP contribution >= 0.6 is 0 Å². The summed E-state index contributed by atoms with van der Waals surface area (Å²) in [5.74, 6) is 0. The highest BCUT2D eigenvalue weighted by atomic mass is 15.1. The van der Waals surface area contributed by atoms with Crippen LogP contribution in [-0.4, -0.2) is 12.1 Å². The molecule has 2 nitrogen and oxygen atoms in total. The van der Waals surface area contributed by atoms with E-state index in [2.05, 4.69) is 48.7 Å². The van der Waals surface area contributed by atoms with Crippen molar-refractivity contribution in [1.29, 1.82) is 0 Å². The van der Waals surface area contributed by atoms with Crippen LogP contribution in [-0.2, 0) is 0 Å². The van der Waals surface area contributed by atoms with Crippen molar-refractivity contribution >= 4 is 11.4 Å². The maximum atomic E-state index is 3.53. The zero-order chi connectivity index (χ0) is 9.26. The maximum Gasteiger partial charge on any atom is 0.0578 e. The first kappa shape index (κ1) is 8.42. The van der Waals surface area contributed by atoms with Gasteiger partial charge in [0, 0.05) is 12.1 Å². The number of anilines is 2. The van der Waals surface area contributed by atoms with Crippen molar-refractivity contribution in [3.05, 3.63) is 24.3 Å². The van der Waals surface area contributed by atoms with Crippen LogP contribution in [0.4, 0.5) is 11.4 Å². The Bertz CT molecular complexity index is 296. The van der Waals surface area contributed by atoms with E-state index < -0.39 is 0 Å². The molecule has 0 unspecified atom stereocenters. The van der Waals surface area contributed by atoms with E-state index in [-0.39, 0.29) is 0 Å². The van der Waals surface area contributed by atoms with Gasteiger partial charge in [0.25, 0.3) is 0 Å². The van der Waals surface area contributed by atoms with Crippen LogP contribution in [0.2, 0.25) is 0 Å². The van der Waals surface area contributed by atoms with E-state index in [1.54, 1.807) is 0 Å². The van der Waals surface area contributed by atoms with Crippen molar-refractivity contribution < 1.29 is 0 Å². The Morgan fingerprint density at radius 2 is 1.77 bits per heavy atom. The average molecular weight is 176 g/mol. The third-order valence-corrected chi connectivity index (χ3v) is 2.69. The van der Waals surface area contributed by atoms with Crippen molar-refractivity contribution in [3.63, 3.8) is 0 Å². The molecule has 0 saturated heterocycles. The molecule has 2 N–H and O–H groups in total. The number of nitrogens with one attached hydrogen (secondary N) is 2. The third kappa shape index (κ3) is 1.48. The van der Waals surface area contributed by atoms with Gasteiger partial charge >= 0.3 is 0 Å². The molecule has 1 aromatic rings. The maximum absolute atomic E-state index is 3.53. The standard InChI is InChI=1S/C11H16N2/c1-3-9-8(2)12-10-6-4-5-7-11(10)13-9/h4-9,12-13H,3H2,1-2H3/t8-,9-/m1/s1. The molecule has 2 rings (SSSR count). The fraction of sp³-hybridized carbons (Fsp3) is 0.455. The molecule has 0 amide bonds. The van der Waals surface area contributed by atoms with Crippen LogP contribution < -0.4 is 10.6 Å². The summed E-state index contributed by atoms with van der Waals surface area (Å²) in [4.78, 5) is 0. The van der Waals surface area contributed by atoms with Crippen LogP contribution in [0.3, 0.4) is 0 Å². The van der Waals surface area contributed by atoms with Gasteiger partial charge in [0.2, 0.25) is 0 Å². The molecular weight excluding hydrogens is 160 g/mol. The highest BCUT2D eigenvalue weighted by Crippen LogP contribution is 2.28. The molecular formula is C11H16N2. The summed E-state index contributed by atoms with van der Waals surface area (Å²) in [6.07, 6.45) is 1.16. The third-order valence-electron chi connectivity index (χ3n) is 2.69. The number of para-hydroxylation sites is 2. The minimum Gasteiger partial charge on any atom is -0.379 e. The molecule has 0 spiro atoms. The van der Waals surface area contributed by atoms with Gasteiger partial charge in [-0.15, -0.1) is 0 Å². The average Bonchev–Trinajstić information content (AvgIpc) is 2.17. The summed E-state index contributed by atoms with van der Waals surface area (Å²) >= 11 is 0. The van der Waals surface area contributed by atoms with E-state index in [1.165, 1.54) is 11.4 Å². The first-order chi connectivity index (χ1) is 6.31. The monoisotopic (exact) mass is 176 g/mol. The number of benzene rings is 1. The smallest absolute Gasteiger partial charge is 0.0578 e. The lowest BCUT2D eigenvalue weighted by atomic mass is 10.0. The lowest BCUT2D eigenvalue weighted by Crippen LogP contribution is -2.40. The zero-order valence-corrected chi connectivity index (χ0v) is 8.17.